The molecule has 0 unspecified atom stereocenters. The molecule has 2 fully saturated rings. The second kappa shape index (κ2) is 8.77. The maximum absolute atomic E-state index is 14.6. The lowest BCUT2D eigenvalue weighted by atomic mass is 9.54. The maximum Gasteiger partial charge on any atom is 0.253 e. The zero-order valence-electron chi connectivity index (χ0n) is 20.2. The number of amides is 1. The van der Waals surface area contributed by atoms with E-state index in [-0.39, 0.29) is 23.5 Å². The zero-order valence-corrected chi connectivity index (χ0v) is 20.2. The molecule has 2 aliphatic rings. The molecule has 6 heteroatoms. The average molecular weight is 487 g/mol. The lowest BCUT2D eigenvalue weighted by molar-refractivity contribution is -0.000603. The first-order valence-electron chi connectivity index (χ1n) is 12.5. The van der Waals surface area contributed by atoms with Crippen LogP contribution in [-0.2, 0) is 6.54 Å². The number of ether oxygens (including phenoxy) is 1. The summed E-state index contributed by atoms with van der Waals surface area (Å²) >= 11 is 0. The lowest BCUT2D eigenvalue weighted by Crippen LogP contribution is -2.53. The Labute approximate surface area is 208 Å². The van der Waals surface area contributed by atoms with Crippen LogP contribution >= 0.6 is 0 Å². The number of fused-ring (bicyclic) bond motifs is 1. The molecule has 1 spiro atoms. The normalized spacial score (nSPS) is 16.5. The topological polar surface area (TPSA) is 43.3 Å². The van der Waals surface area contributed by atoms with E-state index < -0.39 is 5.82 Å². The SMILES string of the molecule is COc1cc(-c2ccc(Cn3ccc4c(F)ccc(C(=O)NC5CC6(CCC6)C5)c43)cc2)ccc1F. The Morgan fingerprint density at radius 3 is 2.42 bits per heavy atom. The molecule has 2 saturated carbocycles. The summed E-state index contributed by atoms with van der Waals surface area (Å²) in [6.45, 7) is 0.493. The first kappa shape index (κ1) is 22.8. The first-order valence-corrected chi connectivity index (χ1v) is 12.5. The Morgan fingerprint density at radius 1 is 1.00 bits per heavy atom. The highest BCUT2D eigenvalue weighted by molar-refractivity contribution is 6.06. The number of carbonyl (C=O) groups excluding carboxylic acids is 1. The molecule has 1 aromatic heterocycles. The standard InChI is InChI=1S/C30H28F2N2O2/c1-36-27-15-21(7-9-26(27)32)20-5-3-19(4-6-20)18-34-14-11-23-25(31)10-8-24(28(23)34)29(35)33-22-16-30(17-22)12-2-13-30/h3-11,14-15,22H,2,12-13,16-18H2,1H3,(H,33,35). The van der Waals surface area contributed by atoms with Crippen molar-refractivity contribution in [1.82, 2.24) is 9.88 Å². The van der Waals surface area contributed by atoms with Gasteiger partial charge in [0.05, 0.1) is 18.2 Å². The number of benzene rings is 3. The number of hydrogen-bond acceptors (Lipinski definition) is 2. The average Bonchev–Trinajstić information content (AvgIpc) is 3.25. The van der Waals surface area contributed by atoms with E-state index in [1.165, 1.54) is 38.5 Å². The van der Waals surface area contributed by atoms with Crippen LogP contribution in [0.1, 0.15) is 48.0 Å². The highest BCUT2D eigenvalue weighted by atomic mass is 19.1. The lowest BCUT2D eigenvalue weighted by Gasteiger charge is -2.54. The van der Waals surface area contributed by atoms with Crippen LogP contribution in [0, 0.1) is 17.0 Å². The van der Waals surface area contributed by atoms with Gasteiger partial charge in [-0.2, -0.15) is 0 Å². The van der Waals surface area contributed by atoms with Gasteiger partial charge in [-0.1, -0.05) is 36.8 Å². The molecular formula is C30H28F2N2O2. The molecular weight excluding hydrogens is 458 g/mol. The second-order valence-corrected chi connectivity index (χ2v) is 10.3. The summed E-state index contributed by atoms with van der Waals surface area (Å²) < 4.78 is 35.4. The summed E-state index contributed by atoms with van der Waals surface area (Å²) in [5, 5.41) is 3.62. The monoisotopic (exact) mass is 486 g/mol. The van der Waals surface area contributed by atoms with Crippen molar-refractivity contribution in [2.45, 2.75) is 44.7 Å². The fraction of sp³-hybridized carbons (Fsp3) is 0.300. The van der Waals surface area contributed by atoms with Gasteiger partial charge in [-0.05, 0) is 78.1 Å². The second-order valence-electron chi connectivity index (χ2n) is 10.3. The van der Waals surface area contributed by atoms with Crippen molar-refractivity contribution in [2.24, 2.45) is 5.41 Å². The van der Waals surface area contributed by atoms with Gasteiger partial charge in [0.15, 0.2) is 11.6 Å². The maximum atomic E-state index is 14.6. The molecule has 1 heterocycles. The zero-order chi connectivity index (χ0) is 24.9. The summed E-state index contributed by atoms with van der Waals surface area (Å²) in [6, 6.07) is 17.6. The van der Waals surface area contributed by atoms with Gasteiger partial charge in [0.2, 0.25) is 0 Å². The molecule has 0 saturated heterocycles. The number of hydrogen-bond donors (Lipinski definition) is 1. The van der Waals surface area contributed by atoms with Gasteiger partial charge < -0.3 is 14.6 Å². The van der Waals surface area contributed by atoms with Crippen molar-refractivity contribution in [2.75, 3.05) is 7.11 Å². The van der Waals surface area contributed by atoms with Crippen molar-refractivity contribution in [3.05, 3.63) is 89.6 Å². The Bertz CT molecular complexity index is 1450. The number of nitrogens with zero attached hydrogens (tertiary/aromatic N) is 1. The van der Waals surface area contributed by atoms with Crippen LogP contribution in [0.25, 0.3) is 22.0 Å². The van der Waals surface area contributed by atoms with Crippen molar-refractivity contribution in [1.29, 1.82) is 0 Å². The van der Waals surface area contributed by atoms with Gasteiger partial charge in [-0.15, -0.1) is 0 Å². The van der Waals surface area contributed by atoms with Crippen molar-refractivity contribution in [3.8, 4) is 16.9 Å². The molecule has 1 amide bonds. The third-order valence-electron chi connectivity index (χ3n) is 8.02. The van der Waals surface area contributed by atoms with Crippen LogP contribution in [0.5, 0.6) is 5.75 Å². The summed E-state index contributed by atoms with van der Waals surface area (Å²) in [5.41, 5.74) is 4.38. The summed E-state index contributed by atoms with van der Waals surface area (Å²) in [4.78, 5) is 13.2. The van der Waals surface area contributed by atoms with Gasteiger partial charge >= 0.3 is 0 Å². The number of methoxy groups -OCH3 is 1. The quantitative estimate of drug-likeness (QED) is 0.329. The highest BCUT2D eigenvalue weighted by Gasteiger charge is 2.48. The van der Waals surface area contributed by atoms with Gasteiger partial charge in [0.1, 0.15) is 5.82 Å². The van der Waals surface area contributed by atoms with Gasteiger partial charge in [0, 0.05) is 24.2 Å². The van der Waals surface area contributed by atoms with E-state index in [0.717, 1.165) is 29.5 Å². The number of nitrogens with one attached hydrogen (secondary N) is 1. The Morgan fingerprint density at radius 2 is 1.72 bits per heavy atom. The molecule has 4 nitrogen and oxygen atoms in total. The van der Waals surface area contributed by atoms with E-state index in [9.17, 15) is 13.6 Å². The highest BCUT2D eigenvalue weighted by Crippen LogP contribution is 2.55. The van der Waals surface area contributed by atoms with Crippen molar-refractivity contribution >= 4 is 16.8 Å². The van der Waals surface area contributed by atoms with Crippen LogP contribution in [-0.4, -0.2) is 23.6 Å². The third-order valence-corrected chi connectivity index (χ3v) is 8.02. The minimum atomic E-state index is -0.399. The van der Waals surface area contributed by atoms with E-state index in [1.807, 2.05) is 35.0 Å². The number of halogens is 2. The Kier molecular flexibility index (Phi) is 5.55. The molecule has 1 N–H and O–H groups in total. The third kappa shape index (κ3) is 3.94. The van der Waals surface area contributed by atoms with Crippen LogP contribution in [0.4, 0.5) is 8.78 Å². The first-order chi connectivity index (χ1) is 17.4. The van der Waals surface area contributed by atoms with Crippen LogP contribution in [0.2, 0.25) is 0 Å². The molecule has 0 bridgehead atoms. The summed E-state index contributed by atoms with van der Waals surface area (Å²) in [7, 11) is 1.45. The van der Waals surface area contributed by atoms with Crippen LogP contribution < -0.4 is 10.1 Å². The van der Waals surface area contributed by atoms with Gasteiger partial charge in [0.25, 0.3) is 5.91 Å². The van der Waals surface area contributed by atoms with Crippen molar-refractivity contribution in [3.63, 3.8) is 0 Å². The van der Waals surface area contributed by atoms with Crippen LogP contribution in [0.3, 0.4) is 0 Å². The van der Waals surface area contributed by atoms with Crippen molar-refractivity contribution < 1.29 is 18.3 Å². The fourth-order valence-electron chi connectivity index (χ4n) is 5.88. The van der Waals surface area contributed by atoms with E-state index in [2.05, 4.69) is 5.32 Å². The fourth-order valence-corrected chi connectivity index (χ4v) is 5.88. The van der Waals surface area contributed by atoms with Crippen LogP contribution in [0.15, 0.2) is 66.9 Å². The van der Waals surface area contributed by atoms with E-state index in [1.54, 1.807) is 24.3 Å². The minimum Gasteiger partial charge on any atom is -0.494 e. The molecule has 4 aromatic rings. The Hall–Kier alpha value is -3.67. The predicted octanol–water partition coefficient (Wildman–Crippen LogP) is 6.71. The molecule has 36 heavy (non-hydrogen) atoms. The number of aromatic nitrogens is 1. The van der Waals surface area contributed by atoms with E-state index in [4.69, 9.17) is 4.74 Å². The molecule has 0 radical (unpaired) electrons. The van der Waals surface area contributed by atoms with E-state index in [0.29, 0.717) is 28.4 Å². The molecule has 2 aliphatic carbocycles. The van der Waals surface area contributed by atoms with E-state index >= 15 is 0 Å². The predicted molar refractivity (Wildman–Crippen MR) is 136 cm³/mol. The molecule has 6 rings (SSSR count). The summed E-state index contributed by atoms with van der Waals surface area (Å²) in [6.07, 6.45) is 7.78. The molecule has 0 aliphatic heterocycles. The van der Waals surface area contributed by atoms with Gasteiger partial charge in [-0.25, -0.2) is 8.78 Å². The van der Waals surface area contributed by atoms with Gasteiger partial charge in [-0.3, -0.25) is 4.79 Å². The summed E-state index contributed by atoms with van der Waals surface area (Å²) in [5.74, 6) is -0.671. The molecule has 0 atom stereocenters. The number of rotatable bonds is 6. The number of carbonyl (C=O) groups is 1. The Balaban J connectivity index is 1.24. The molecule has 3 aromatic carbocycles. The largest absolute Gasteiger partial charge is 0.494 e. The smallest absolute Gasteiger partial charge is 0.253 e. The minimum absolute atomic E-state index is 0.139. The molecule has 184 valence electrons.